The minimum absolute atomic E-state index is 0.0108. The third kappa shape index (κ3) is 3.22. The van der Waals surface area contributed by atoms with Crippen molar-refractivity contribution in [2.24, 2.45) is 0 Å². The summed E-state index contributed by atoms with van der Waals surface area (Å²) in [5, 5.41) is 1.11. The zero-order valence-electron chi connectivity index (χ0n) is 12.9. The standard InChI is InChI=1S/C19H21NO/c1-5-7-15(8-6-2)12-17-14(4)16-11-13(3)9-10-18(16)20-19(17)21/h5-11H,1,12H2,2-4H3,(H,20,21)/b8-6-,15-7+. The highest BCUT2D eigenvalue weighted by Gasteiger charge is 2.10. The second-order valence-electron chi connectivity index (χ2n) is 5.26. The van der Waals surface area contributed by atoms with Gasteiger partial charge in [-0.05, 0) is 44.0 Å². The Balaban J connectivity index is 2.61. The van der Waals surface area contributed by atoms with Crippen molar-refractivity contribution in [1.29, 1.82) is 0 Å². The molecular weight excluding hydrogens is 258 g/mol. The summed E-state index contributed by atoms with van der Waals surface area (Å²) in [4.78, 5) is 15.3. The molecule has 0 aliphatic heterocycles. The number of nitrogens with one attached hydrogen (secondary N) is 1. The highest BCUT2D eigenvalue weighted by atomic mass is 16.1. The zero-order valence-corrected chi connectivity index (χ0v) is 12.9. The van der Waals surface area contributed by atoms with Crippen LogP contribution in [0, 0.1) is 13.8 Å². The number of benzene rings is 1. The molecule has 2 heteroatoms. The third-order valence-electron chi connectivity index (χ3n) is 3.65. The Morgan fingerprint density at radius 1 is 1.33 bits per heavy atom. The lowest BCUT2D eigenvalue weighted by molar-refractivity contribution is 1.09. The van der Waals surface area contributed by atoms with E-state index in [2.05, 4.69) is 24.6 Å². The maximum absolute atomic E-state index is 12.4. The summed E-state index contributed by atoms with van der Waals surface area (Å²) in [7, 11) is 0. The quantitative estimate of drug-likeness (QED) is 0.828. The molecule has 2 rings (SSSR count). The molecule has 0 radical (unpaired) electrons. The van der Waals surface area contributed by atoms with Gasteiger partial charge < -0.3 is 4.98 Å². The summed E-state index contributed by atoms with van der Waals surface area (Å²) < 4.78 is 0. The van der Waals surface area contributed by atoms with E-state index in [1.54, 1.807) is 6.08 Å². The predicted octanol–water partition coefficient (Wildman–Crippen LogP) is 4.38. The van der Waals surface area contributed by atoms with Crippen molar-refractivity contribution in [3.63, 3.8) is 0 Å². The van der Waals surface area contributed by atoms with E-state index in [-0.39, 0.29) is 5.56 Å². The molecule has 2 nitrogen and oxygen atoms in total. The number of pyridine rings is 1. The van der Waals surface area contributed by atoms with E-state index in [4.69, 9.17) is 0 Å². The Morgan fingerprint density at radius 2 is 2.10 bits per heavy atom. The van der Waals surface area contributed by atoms with Crippen LogP contribution in [0.15, 0.2) is 59.4 Å². The van der Waals surface area contributed by atoms with Crippen molar-refractivity contribution in [1.82, 2.24) is 4.98 Å². The van der Waals surface area contributed by atoms with E-state index in [1.807, 2.05) is 44.2 Å². The zero-order chi connectivity index (χ0) is 15.4. The lowest BCUT2D eigenvalue weighted by Crippen LogP contribution is -2.15. The van der Waals surface area contributed by atoms with Crippen molar-refractivity contribution < 1.29 is 0 Å². The van der Waals surface area contributed by atoms with Crippen molar-refractivity contribution >= 4 is 10.9 Å². The average Bonchev–Trinajstić information content (AvgIpc) is 2.45. The number of rotatable bonds is 4. The number of aryl methyl sites for hydroxylation is 2. The van der Waals surface area contributed by atoms with E-state index in [9.17, 15) is 4.79 Å². The molecule has 21 heavy (non-hydrogen) atoms. The second-order valence-corrected chi connectivity index (χ2v) is 5.26. The Bertz CT molecular complexity index is 791. The van der Waals surface area contributed by atoms with Gasteiger partial charge in [-0.3, -0.25) is 4.79 Å². The van der Waals surface area contributed by atoms with Crippen LogP contribution in [0.3, 0.4) is 0 Å². The molecule has 0 unspecified atom stereocenters. The maximum Gasteiger partial charge on any atom is 0.252 e. The molecule has 0 fully saturated rings. The van der Waals surface area contributed by atoms with Gasteiger partial charge in [0.1, 0.15) is 0 Å². The fourth-order valence-corrected chi connectivity index (χ4v) is 2.56. The minimum Gasteiger partial charge on any atom is -0.322 e. The maximum atomic E-state index is 12.4. The molecule has 0 spiro atoms. The van der Waals surface area contributed by atoms with E-state index in [1.165, 1.54) is 5.56 Å². The monoisotopic (exact) mass is 279 g/mol. The first-order valence-corrected chi connectivity index (χ1v) is 7.13. The summed E-state index contributed by atoms with van der Waals surface area (Å²) >= 11 is 0. The van der Waals surface area contributed by atoms with Gasteiger partial charge in [0.15, 0.2) is 0 Å². The minimum atomic E-state index is -0.0108. The van der Waals surface area contributed by atoms with E-state index in [0.717, 1.165) is 27.6 Å². The van der Waals surface area contributed by atoms with Gasteiger partial charge in [0.25, 0.3) is 5.56 Å². The highest BCUT2D eigenvalue weighted by Crippen LogP contribution is 2.21. The Morgan fingerprint density at radius 3 is 2.76 bits per heavy atom. The summed E-state index contributed by atoms with van der Waals surface area (Å²) in [5.41, 5.74) is 5.03. The van der Waals surface area contributed by atoms with Crippen LogP contribution >= 0.6 is 0 Å². The summed E-state index contributed by atoms with van der Waals surface area (Å²) in [6.07, 6.45) is 8.30. The van der Waals surface area contributed by atoms with Gasteiger partial charge in [0, 0.05) is 22.9 Å². The molecule has 0 amide bonds. The van der Waals surface area contributed by atoms with Crippen LogP contribution in [0.5, 0.6) is 0 Å². The van der Waals surface area contributed by atoms with Crippen LogP contribution in [0.4, 0.5) is 0 Å². The molecule has 0 saturated carbocycles. The summed E-state index contributed by atoms with van der Waals surface area (Å²) in [5.74, 6) is 0. The van der Waals surface area contributed by atoms with Crippen LogP contribution in [0.25, 0.3) is 10.9 Å². The lowest BCUT2D eigenvalue weighted by Gasteiger charge is -2.10. The molecule has 0 aliphatic carbocycles. The molecule has 1 heterocycles. The number of H-pyrrole nitrogens is 1. The number of hydrogen-bond acceptors (Lipinski definition) is 1. The van der Waals surface area contributed by atoms with Crippen molar-refractivity contribution in [2.75, 3.05) is 0 Å². The van der Waals surface area contributed by atoms with Crippen LogP contribution in [-0.2, 0) is 6.42 Å². The molecule has 0 bridgehead atoms. The summed E-state index contributed by atoms with van der Waals surface area (Å²) in [6.45, 7) is 9.79. The topological polar surface area (TPSA) is 32.9 Å². The number of hydrogen-bond donors (Lipinski definition) is 1. The molecule has 0 atom stereocenters. The van der Waals surface area contributed by atoms with E-state index in [0.29, 0.717) is 6.42 Å². The van der Waals surface area contributed by atoms with Crippen molar-refractivity contribution in [3.05, 3.63) is 81.7 Å². The van der Waals surface area contributed by atoms with Crippen molar-refractivity contribution in [3.8, 4) is 0 Å². The first kappa shape index (κ1) is 15.0. The number of fused-ring (bicyclic) bond motifs is 1. The highest BCUT2D eigenvalue weighted by molar-refractivity contribution is 5.83. The average molecular weight is 279 g/mol. The molecule has 1 aromatic carbocycles. The van der Waals surface area contributed by atoms with Crippen LogP contribution in [0.1, 0.15) is 23.6 Å². The van der Waals surface area contributed by atoms with Gasteiger partial charge in [-0.25, -0.2) is 0 Å². The largest absolute Gasteiger partial charge is 0.322 e. The molecule has 1 N–H and O–H groups in total. The fourth-order valence-electron chi connectivity index (χ4n) is 2.56. The molecule has 0 aliphatic rings. The van der Waals surface area contributed by atoms with Gasteiger partial charge in [0.2, 0.25) is 0 Å². The SMILES string of the molecule is C=C/C=C(\C=C/C)Cc1c(C)c2cc(C)ccc2[nH]c1=O. The van der Waals surface area contributed by atoms with Crippen molar-refractivity contribution in [2.45, 2.75) is 27.2 Å². The Hall–Kier alpha value is -2.35. The normalized spacial score (nSPS) is 12.2. The van der Waals surface area contributed by atoms with Crippen LogP contribution in [-0.4, -0.2) is 4.98 Å². The third-order valence-corrected chi connectivity index (χ3v) is 3.65. The van der Waals surface area contributed by atoms with E-state index < -0.39 is 0 Å². The second kappa shape index (κ2) is 6.40. The first-order valence-electron chi connectivity index (χ1n) is 7.13. The molecular formula is C19H21NO. The summed E-state index contributed by atoms with van der Waals surface area (Å²) in [6, 6.07) is 6.10. The predicted molar refractivity (Wildman–Crippen MR) is 90.8 cm³/mol. The number of allylic oxidation sites excluding steroid dienone is 5. The smallest absolute Gasteiger partial charge is 0.252 e. The molecule has 1 aromatic heterocycles. The Labute approximate surface area is 125 Å². The van der Waals surface area contributed by atoms with Crippen LogP contribution in [0.2, 0.25) is 0 Å². The fraction of sp³-hybridized carbons (Fsp3) is 0.211. The van der Waals surface area contributed by atoms with Gasteiger partial charge in [-0.1, -0.05) is 42.5 Å². The van der Waals surface area contributed by atoms with E-state index >= 15 is 0 Å². The van der Waals surface area contributed by atoms with Gasteiger partial charge in [-0.15, -0.1) is 0 Å². The molecule has 108 valence electrons. The van der Waals surface area contributed by atoms with Gasteiger partial charge in [0.05, 0.1) is 0 Å². The number of aromatic amines is 1. The lowest BCUT2D eigenvalue weighted by atomic mass is 9.97. The Kier molecular flexibility index (Phi) is 4.59. The van der Waals surface area contributed by atoms with Gasteiger partial charge >= 0.3 is 0 Å². The molecule has 2 aromatic rings. The van der Waals surface area contributed by atoms with Gasteiger partial charge in [-0.2, -0.15) is 0 Å². The first-order chi connectivity index (χ1) is 10.1. The molecule has 0 saturated heterocycles. The number of aromatic nitrogens is 1. The van der Waals surface area contributed by atoms with Crippen LogP contribution < -0.4 is 5.56 Å².